The number of rotatable bonds is 4. The standard InChI is InChI=1S/C14H17N5O3.ClH/c20-4-7-3-9(12(22)11(7)21)19-6-17-10-13(18-8-1-2-8)15-5-16-14(10)19;/h3,5-6,8-9,11-12,20-22H,1-2,4H2,(H,15,16,18);1H/t9-,11-,12+;/m1./s1. The summed E-state index contributed by atoms with van der Waals surface area (Å²) in [6.07, 6.45) is 4.85. The van der Waals surface area contributed by atoms with Crippen LogP contribution in [0.1, 0.15) is 18.9 Å². The summed E-state index contributed by atoms with van der Waals surface area (Å²) in [5, 5.41) is 32.7. The summed E-state index contributed by atoms with van der Waals surface area (Å²) in [6.45, 7) is -0.287. The molecular formula is C14H18ClN5O3. The number of nitrogens with one attached hydrogen (secondary N) is 1. The molecule has 23 heavy (non-hydrogen) atoms. The Labute approximate surface area is 138 Å². The molecule has 2 aromatic rings. The van der Waals surface area contributed by atoms with E-state index in [0.29, 0.717) is 28.6 Å². The first-order valence-electron chi connectivity index (χ1n) is 7.30. The maximum atomic E-state index is 10.2. The van der Waals surface area contributed by atoms with Gasteiger partial charge in [0.1, 0.15) is 24.1 Å². The molecular weight excluding hydrogens is 322 g/mol. The van der Waals surface area contributed by atoms with Gasteiger partial charge in [-0.3, -0.25) is 0 Å². The summed E-state index contributed by atoms with van der Waals surface area (Å²) in [6, 6.07) is -0.0612. The molecule has 0 radical (unpaired) electrons. The monoisotopic (exact) mass is 339 g/mol. The van der Waals surface area contributed by atoms with Gasteiger partial charge < -0.3 is 25.2 Å². The molecule has 1 saturated carbocycles. The van der Waals surface area contributed by atoms with Crippen LogP contribution in [0.15, 0.2) is 24.3 Å². The van der Waals surface area contributed by atoms with Gasteiger partial charge in [-0.25, -0.2) is 15.0 Å². The maximum Gasteiger partial charge on any atom is 0.166 e. The van der Waals surface area contributed by atoms with E-state index in [0.717, 1.165) is 12.8 Å². The van der Waals surface area contributed by atoms with Crippen molar-refractivity contribution in [2.24, 2.45) is 0 Å². The normalized spacial score (nSPS) is 26.9. The van der Waals surface area contributed by atoms with Crippen molar-refractivity contribution >= 4 is 29.4 Å². The first-order valence-corrected chi connectivity index (χ1v) is 7.30. The van der Waals surface area contributed by atoms with Crippen molar-refractivity contribution in [1.29, 1.82) is 0 Å². The second kappa shape index (κ2) is 6.04. The summed E-state index contributed by atoms with van der Waals surface area (Å²) in [5.74, 6) is 0.686. The number of aromatic nitrogens is 4. The Balaban J connectivity index is 0.00000156. The molecule has 0 amide bonds. The molecule has 8 nitrogen and oxygen atoms in total. The Hall–Kier alpha value is -1.74. The van der Waals surface area contributed by atoms with Crippen LogP contribution in [-0.4, -0.2) is 59.7 Å². The molecule has 9 heteroatoms. The van der Waals surface area contributed by atoms with Crippen molar-refractivity contribution in [3.05, 3.63) is 24.3 Å². The number of nitrogens with zero attached hydrogens (tertiary/aromatic N) is 4. The quantitative estimate of drug-likeness (QED) is 0.580. The maximum absolute atomic E-state index is 10.2. The van der Waals surface area contributed by atoms with Crippen LogP contribution in [0.5, 0.6) is 0 Å². The van der Waals surface area contributed by atoms with Gasteiger partial charge in [-0.1, -0.05) is 6.08 Å². The molecule has 0 spiro atoms. The fraction of sp³-hybridized carbons (Fsp3) is 0.500. The zero-order valence-electron chi connectivity index (χ0n) is 12.2. The summed E-state index contributed by atoms with van der Waals surface area (Å²) in [7, 11) is 0. The van der Waals surface area contributed by atoms with E-state index in [1.54, 1.807) is 17.0 Å². The van der Waals surface area contributed by atoms with Crippen LogP contribution in [0.3, 0.4) is 0 Å². The van der Waals surface area contributed by atoms with Gasteiger partial charge in [-0.15, -0.1) is 12.4 Å². The number of fused-ring (bicyclic) bond motifs is 1. The number of hydrogen-bond acceptors (Lipinski definition) is 7. The minimum absolute atomic E-state index is 0. The van der Waals surface area contributed by atoms with Crippen LogP contribution in [0, 0.1) is 0 Å². The van der Waals surface area contributed by atoms with Crippen molar-refractivity contribution in [1.82, 2.24) is 19.5 Å². The van der Waals surface area contributed by atoms with Crippen LogP contribution in [0.2, 0.25) is 0 Å². The zero-order valence-corrected chi connectivity index (χ0v) is 13.0. The van der Waals surface area contributed by atoms with E-state index in [1.165, 1.54) is 6.33 Å². The van der Waals surface area contributed by atoms with Crippen LogP contribution in [-0.2, 0) is 0 Å². The highest BCUT2D eigenvalue weighted by atomic mass is 35.5. The van der Waals surface area contributed by atoms with E-state index in [2.05, 4.69) is 20.3 Å². The number of anilines is 1. The van der Waals surface area contributed by atoms with Gasteiger partial charge in [-0.05, 0) is 18.4 Å². The minimum atomic E-state index is -1.07. The molecule has 2 aliphatic rings. The van der Waals surface area contributed by atoms with Crippen LogP contribution in [0.4, 0.5) is 5.82 Å². The predicted octanol–water partition coefficient (Wildman–Crippen LogP) is 0.0176. The highest BCUT2D eigenvalue weighted by Gasteiger charge is 2.36. The van der Waals surface area contributed by atoms with Crippen molar-refractivity contribution < 1.29 is 15.3 Å². The molecule has 2 aliphatic carbocycles. The molecule has 0 aromatic carbocycles. The third kappa shape index (κ3) is 2.67. The molecule has 0 saturated heterocycles. The van der Waals surface area contributed by atoms with Gasteiger partial charge in [0.2, 0.25) is 0 Å². The summed E-state index contributed by atoms with van der Waals surface area (Å²) < 4.78 is 1.70. The fourth-order valence-corrected chi connectivity index (χ4v) is 2.81. The number of halogens is 1. The van der Waals surface area contributed by atoms with Gasteiger partial charge in [0.25, 0.3) is 0 Å². The highest BCUT2D eigenvalue weighted by Crippen LogP contribution is 2.33. The van der Waals surface area contributed by atoms with Gasteiger partial charge in [-0.2, -0.15) is 0 Å². The molecule has 0 aliphatic heterocycles. The largest absolute Gasteiger partial charge is 0.392 e. The number of aliphatic hydroxyl groups is 3. The third-order valence-corrected chi connectivity index (χ3v) is 4.22. The predicted molar refractivity (Wildman–Crippen MR) is 85.4 cm³/mol. The minimum Gasteiger partial charge on any atom is -0.392 e. The lowest BCUT2D eigenvalue weighted by Crippen LogP contribution is -2.30. The highest BCUT2D eigenvalue weighted by molar-refractivity contribution is 5.85. The molecule has 4 rings (SSSR count). The number of aliphatic hydroxyl groups excluding tert-OH is 3. The van der Waals surface area contributed by atoms with E-state index in [9.17, 15) is 15.3 Å². The summed E-state index contributed by atoms with van der Waals surface area (Å²) >= 11 is 0. The lowest BCUT2D eigenvalue weighted by atomic mass is 10.1. The van der Waals surface area contributed by atoms with Crippen molar-refractivity contribution in [2.75, 3.05) is 11.9 Å². The molecule has 2 aromatic heterocycles. The third-order valence-electron chi connectivity index (χ3n) is 4.22. The average molecular weight is 340 g/mol. The van der Waals surface area contributed by atoms with Gasteiger partial charge >= 0.3 is 0 Å². The van der Waals surface area contributed by atoms with Gasteiger partial charge in [0.15, 0.2) is 11.5 Å². The molecule has 0 unspecified atom stereocenters. The number of hydrogen-bond donors (Lipinski definition) is 4. The van der Waals surface area contributed by atoms with E-state index in [-0.39, 0.29) is 19.0 Å². The smallest absolute Gasteiger partial charge is 0.166 e. The topological polar surface area (TPSA) is 116 Å². The first-order chi connectivity index (χ1) is 10.7. The van der Waals surface area contributed by atoms with Crippen LogP contribution < -0.4 is 5.32 Å². The van der Waals surface area contributed by atoms with Gasteiger partial charge in [0.05, 0.1) is 19.0 Å². The Morgan fingerprint density at radius 2 is 2.00 bits per heavy atom. The molecule has 4 N–H and O–H groups in total. The van der Waals surface area contributed by atoms with Crippen molar-refractivity contribution in [3.8, 4) is 0 Å². The van der Waals surface area contributed by atoms with E-state index < -0.39 is 18.2 Å². The van der Waals surface area contributed by atoms with Crippen LogP contribution in [0.25, 0.3) is 11.2 Å². The first kappa shape index (κ1) is 16.1. The Kier molecular flexibility index (Phi) is 4.24. The SMILES string of the molecule is Cl.OCC1=C[C@@H](n2cnc3c(NC4CC4)ncnc32)[C@H](O)[C@@H]1O. The van der Waals surface area contributed by atoms with Crippen molar-refractivity contribution in [3.63, 3.8) is 0 Å². The Bertz CT molecular complexity index is 745. The lowest BCUT2D eigenvalue weighted by Gasteiger charge is -2.18. The van der Waals surface area contributed by atoms with Crippen LogP contribution >= 0.6 is 12.4 Å². The molecule has 124 valence electrons. The molecule has 2 heterocycles. The zero-order chi connectivity index (χ0) is 15.3. The van der Waals surface area contributed by atoms with E-state index >= 15 is 0 Å². The van der Waals surface area contributed by atoms with Crippen molar-refractivity contribution in [2.45, 2.75) is 37.1 Å². The average Bonchev–Trinajstić information content (AvgIpc) is 3.16. The Morgan fingerprint density at radius 3 is 2.65 bits per heavy atom. The fourth-order valence-electron chi connectivity index (χ4n) is 2.81. The number of imidazole rings is 1. The summed E-state index contributed by atoms with van der Waals surface area (Å²) in [4.78, 5) is 12.8. The molecule has 0 bridgehead atoms. The second-order valence-corrected chi connectivity index (χ2v) is 5.79. The molecule has 3 atom stereocenters. The van der Waals surface area contributed by atoms with E-state index in [1.807, 2.05) is 0 Å². The summed E-state index contributed by atoms with van der Waals surface area (Å²) in [5.41, 5.74) is 1.64. The van der Waals surface area contributed by atoms with E-state index in [4.69, 9.17) is 0 Å². The lowest BCUT2D eigenvalue weighted by molar-refractivity contribution is 0.0287. The second-order valence-electron chi connectivity index (χ2n) is 5.79. The van der Waals surface area contributed by atoms with Gasteiger partial charge in [0, 0.05) is 6.04 Å². The Morgan fingerprint density at radius 1 is 1.22 bits per heavy atom. The molecule has 1 fully saturated rings.